The number of rotatable bonds is 5. The molecule has 0 radical (unpaired) electrons. The normalized spacial score (nSPS) is 11.8. The molecule has 19 heavy (non-hydrogen) atoms. The van der Waals surface area contributed by atoms with Gasteiger partial charge in [-0.15, -0.1) is 0 Å². The SMILES string of the molecule is CCN(C)C(=O)C(C)Nc1ccc(C(=O)O)cc1C. The van der Waals surface area contributed by atoms with Crippen molar-refractivity contribution in [2.24, 2.45) is 0 Å². The fourth-order valence-electron chi connectivity index (χ4n) is 1.74. The first kappa shape index (κ1) is 15.0. The van der Waals surface area contributed by atoms with E-state index in [1.165, 1.54) is 6.07 Å². The number of nitrogens with one attached hydrogen (secondary N) is 1. The van der Waals surface area contributed by atoms with Gasteiger partial charge in [0.1, 0.15) is 6.04 Å². The van der Waals surface area contributed by atoms with E-state index in [2.05, 4.69) is 5.32 Å². The minimum atomic E-state index is -0.954. The van der Waals surface area contributed by atoms with E-state index < -0.39 is 5.97 Å². The predicted octanol–water partition coefficient (Wildman–Crippen LogP) is 1.97. The lowest BCUT2D eigenvalue weighted by Crippen LogP contribution is -2.38. The Balaban J connectivity index is 2.83. The van der Waals surface area contributed by atoms with Crippen molar-refractivity contribution >= 4 is 17.6 Å². The Morgan fingerprint density at radius 3 is 2.53 bits per heavy atom. The second-order valence-electron chi connectivity index (χ2n) is 4.55. The number of anilines is 1. The lowest BCUT2D eigenvalue weighted by atomic mass is 10.1. The van der Waals surface area contributed by atoms with Gasteiger partial charge >= 0.3 is 5.97 Å². The van der Waals surface area contributed by atoms with Gasteiger partial charge in [-0.2, -0.15) is 0 Å². The number of benzene rings is 1. The summed E-state index contributed by atoms with van der Waals surface area (Å²) in [6.07, 6.45) is 0. The molecule has 0 saturated heterocycles. The Kier molecular flexibility index (Phi) is 4.92. The van der Waals surface area contributed by atoms with Crippen LogP contribution in [0, 0.1) is 6.92 Å². The van der Waals surface area contributed by atoms with Crippen LogP contribution in [0.4, 0.5) is 5.69 Å². The molecule has 5 nitrogen and oxygen atoms in total. The Morgan fingerprint density at radius 2 is 2.05 bits per heavy atom. The van der Waals surface area contributed by atoms with Crippen LogP contribution in [-0.4, -0.2) is 41.5 Å². The number of carboxylic acids is 1. The van der Waals surface area contributed by atoms with Crippen LogP contribution >= 0.6 is 0 Å². The van der Waals surface area contributed by atoms with Crippen LogP contribution in [0.3, 0.4) is 0 Å². The van der Waals surface area contributed by atoms with Gasteiger partial charge in [0.25, 0.3) is 0 Å². The van der Waals surface area contributed by atoms with Crippen LogP contribution in [0.25, 0.3) is 0 Å². The summed E-state index contributed by atoms with van der Waals surface area (Å²) in [7, 11) is 1.75. The Hall–Kier alpha value is -2.04. The first-order valence-corrected chi connectivity index (χ1v) is 6.22. The first-order valence-electron chi connectivity index (χ1n) is 6.22. The molecule has 0 aromatic heterocycles. The molecule has 2 N–H and O–H groups in total. The van der Waals surface area contributed by atoms with E-state index in [0.717, 1.165) is 11.3 Å². The summed E-state index contributed by atoms with van der Waals surface area (Å²) in [5.74, 6) is -0.950. The van der Waals surface area contributed by atoms with Crippen LogP contribution in [-0.2, 0) is 4.79 Å². The Bertz CT molecular complexity index is 486. The van der Waals surface area contributed by atoms with Gasteiger partial charge in [0.15, 0.2) is 0 Å². The lowest BCUT2D eigenvalue weighted by molar-refractivity contribution is -0.130. The topological polar surface area (TPSA) is 69.6 Å². The molecule has 1 amide bonds. The van der Waals surface area contributed by atoms with Crippen molar-refractivity contribution in [3.63, 3.8) is 0 Å². The molecule has 1 unspecified atom stereocenters. The van der Waals surface area contributed by atoms with E-state index in [4.69, 9.17) is 5.11 Å². The van der Waals surface area contributed by atoms with Crippen molar-refractivity contribution < 1.29 is 14.7 Å². The van der Waals surface area contributed by atoms with Gasteiger partial charge in [-0.05, 0) is 44.5 Å². The molecule has 1 aromatic carbocycles. The van der Waals surface area contributed by atoms with Gasteiger partial charge < -0.3 is 15.3 Å². The number of hydrogen-bond donors (Lipinski definition) is 2. The maximum absolute atomic E-state index is 11.9. The van der Waals surface area contributed by atoms with E-state index >= 15 is 0 Å². The molecule has 0 spiro atoms. The zero-order chi connectivity index (χ0) is 14.6. The number of carbonyl (C=O) groups excluding carboxylic acids is 1. The molecule has 0 heterocycles. The van der Waals surface area contributed by atoms with Gasteiger partial charge in [0, 0.05) is 19.3 Å². The number of nitrogens with zero attached hydrogens (tertiary/aromatic N) is 1. The van der Waals surface area contributed by atoms with Crippen LogP contribution in [0.1, 0.15) is 29.8 Å². The highest BCUT2D eigenvalue weighted by Gasteiger charge is 2.17. The lowest BCUT2D eigenvalue weighted by Gasteiger charge is -2.22. The molecule has 1 rings (SSSR count). The Morgan fingerprint density at radius 1 is 1.42 bits per heavy atom. The van der Waals surface area contributed by atoms with E-state index in [0.29, 0.717) is 6.54 Å². The number of aromatic carboxylic acids is 1. The molecule has 0 aliphatic rings. The minimum Gasteiger partial charge on any atom is -0.478 e. The number of carbonyl (C=O) groups is 2. The summed E-state index contributed by atoms with van der Waals surface area (Å²) in [6, 6.07) is 4.46. The maximum atomic E-state index is 11.9. The van der Waals surface area contributed by atoms with E-state index in [9.17, 15) is 9.59 Å². The van der Waals surface area contributed by atoms with Crippen LogP contribution < -0.4 is 5.32 Å². The smallest absolute Gasteiger partial charge is 0.335 e. The van der Waals surface area contributed by atoms with Gasteiger partial charge in [-0.25, -0.2) is 4.79 Å². The largest absolute Gasteiger partial charge is 0.478 e. The zero-order valence-electron chi connectivity index (χ0n) is 11.7. The number of carboxylic acid groups (broad SMARTS) is 1. The Labute approximate surface area is 113 Å². The summed E-state index contributed by atoms with van der Waals surface area (Å²) in [5, 5.41) is 12.0. The molecule has 0 aliphatic carbocycles. The molecular weight excluding hydrogens is 244 g/mol. The van der Waals surface area contributed by atoms with Crippen LogP contribution in [0.15, 0.2) is 18.2 Å². The molecule has 0 fully saturated rings. The standard InChI is InChI=1S/C14H20N2O3/c1-5-16(4)13(17)10(3)15-12-7-6-11(14(18)19)8-9(12)2/h6-8,10,15H,5H2,1-4H3,(H,18,19). The maximum Gasteiger partial charge on any atom is 0.335 e. The van der Waals surface area contributed by atoms with Crippen molar-refractivity contribution in [1.82, 2.24) is 4.90 Å². The molecule has 0 bridgehead atoms. The average Bonchev–Trinajstić information content (AvgIpc) is 2.38. The van der Waals surface area contributed by atoms with Crippen molar-refractivity contribution in [2.45, 2.75) is 26.8 Å². The summed E-state index contributed by atoms with van der Waals surface area (Å²) in [4.78, 5) is 24.4. The highest BCUT2D eigenvalue weighted by Crippen LogP contribution is 2.18. The van der Waals surface area contributed by atoms with Gasteiger partial charge in [0.2, 0.25) is 5.91 Å². The van der Waals surface area contributed by atoms with Crippen LogP contribution in [0.5, 0.6) is 0 Å². The third-order valence-corrected chi connectivity index (χ3v) is 3.07. The minimum absolute atomic E-state index is 0.00390. The fraction of sp³-hybridized carbons (Fsp3) is 0.429. The summed E-state index contributed by atoms with van der Waals surface area (Å²) < 4.78 is 0. The molecule has 1 atom stereocenters. The third kappa shape index (κ3) is 3.71. The molecule has 104 valence electrons. The van der Waals surface area contributed by atoms with E-state index in [1.54, 1.807) is 31.0 Å². The predicted molar refractivity (Wildman–Crippen MR) is 74.5 cm³/mol. The number of likely N-dealkylation sites (N-methyl/N-ethyl adjacent to an activating group) is 1. The summed E-state index contributed by atoms with van der Waals surface area (Å²) in [5.41, 5.74) is 1.82. The highest BCUT2D eigenvalue weighted by atomic mass is 16.4. The zero-order valence-corrected chi connectivity index (χ0v) is 11.7. The molecule has 0 aliphatic heterocycles. The average molecular weight is 264 g/mol. The number of amides is 1. The van der Waals surface area contributed by atoms with Gasteiger partial charge in [0.05, 0.1) is 5.56 Å². The second kappa shape index (κ2) is 6.22. The summed E-state index contributed by atoms with van der Waals surface area (Å²) in [6.45, 7) is 6.17. The highest BCUT2D eigenvalue weighted by molar-refractivity contribution is 5.89. The monoisotopic (exact) mass is 264 g/mol. The quantitative estimate of drug-likeness (QED) is 0.853. The second-order valence-corrected chi connectivity index (χ2v) is 4.55. The third-order valence-electron chi connectivity index (χ3n) is 3.07. The van der Waals surface area contributed by atoms with E-state index in [1.807, 2.05) is 13.8 Å². The molecule has 1 aromatic rings. The van der Waals surface area contributed by atoms with Crippen molar-refractivity contribution in [3.8, 4) is 0 Å². The fourth-order valence-corrected chi connectivity index (χ4v) is 1.74. The first-order chi connectivity index (χ1) is 8.86. The van der Waals surface area contributed by atoms with E-state index in [-0.39, 0.29) is 17.5 Å². The number of aryl methyl sites for hydroxylation is 1. The molecular formula is C14H20N2O3. The van der Waals surface area contributed by atoms with Gasteiger partial charge in [-0.1, -0.05) is 0 Å². The summed E-state index contributed by atoms with van der Waals surface area (Å²) >= 11 is 0. The molecule has 0 saturated carbocycles. The van der Waals surface area contributed by atoms with Crippen molar-refractivity contribution in [2.75, 3.05) is 18.9 Å². The van der Waals surface area contributed by atoms with Crippen molar-refractivity contribution in [1.29, 1.82) is 0 Å². The molecule has 5 heteroatoms. The number of hydrogen-bond acceptors (Lipinski definition) is 3. The van der Waals surface area contributed by atoms with Crippen LogP contribution in [0.2, 0.25) is 0 Å². The van der Waals surface area contributed by atoms with Gasteiger partial charge in [-0.3, -0.25) is 4.79 Å². The van der Waals surface area contributed by atoms with Crippen molar-refractivity contribution in [3.05, 3.63) is 29.3 Å².